The van der Waals surface area contributed by atoms with E-state index >= 15 is 0 Å². The summed E-state index contributed by atoms with van der Waals surface area (Å²) in [5.74, 6) is 1.62. The quantitative estimate of drug-likeness (QED) is 0.739. The van der Waals surface area contributed by atoms with Gasteiger partial charge in [0.15, 0.2) is 0 Å². The highest BCUT2D eigenvalue weighted by Gasteiger charge is 2.04. The lowest BCUT2D eigenvalue weighted by atomic mass is 10.1. The van der Waals surface area contributed by atoms with Gasteiger partial charge in [-0.25, -0.2) is 0 Å². The second-order valence-corrected chi connectivity index (χ2v) is 5.89. The Labute approximate surface area is 147 Å². The number of ether oxygens (including phenoxy) is 2. The minimum atomic E-state index is 0.0168. The Kier molecular flexibility index (Phi) is 6.94. The van der Waals surface area contributed by atoms with Crippen LogP contribution in [0.1, 0.15) is 17.5 Å². The normalized spacial score (nSPS) is 10.3. The molecule has 0 bridgehead atoms. The van der Waals surface area contributed by atoms with Crippen molar-refractivity contribution in [3.63, 3.8) is 0 Å². The first-order chi connectivity index (χ1) is 11.6. The van der Waals surface area contributed by atoms with E-state index in [4.69, 9.17) is 21.1 Å². The summed E-state index contributed by atoms with van der Waals surface area (Å²) in [6.45, 7) is 2.90. The van der Waals surface area contributed by atoms with Crippen LogP contribution in [0.4, 0.5) is 0 Å². The smallest absolute Gasteiger partial charge is 0.220 e. The van der Waals surface area contributed by atoms with Crippen LogP contribution in [0, 0.1) is 6.92 Å². The molecule has 0 fully saturated rings. The molecule has 2 aromatic carbocycles. The van der Waals surface area contributed by atoms with Crippen molar-refractivity contribution in [1.29, 1.82) is 0 Å². The average molecular weight is 348 g/mol. The molecule has 0 aliphatic heterocycles. The van der Waals surface area contributed by atoms with Crippen LogP contribution >= 0.6 is 11.6 Å². The molecule has 0 atom stereocenters. The van der Waals surface area contributed by atoms with Crippen molar-refractivity contribution < 1.29 is 14.3 Å². The molecule has 128 valence electrons. The molecule has 0 aliphatic rings. The molecule has 1 N–H and O–H groups in total. The third-order valence-electron chi connectivity index (χ3n) is 3.61. The summed E-state index contributed by atoms with van der Waals surface area (Å²) in [6.07, 6.45) is 1.15. The molecule has 0 spiro atoms. The Balaban J connectivity index is 1.66. The van der Waals surface area contributed by atoms with E-state index in [1.165, 1.54) is 0 Å². The fourth-order valence-electron chi connectivity index (χ4n) is 2.33. The van der Waals surface area contributed by atoms with Crippen LogP contribution in [0.25, 0.3) is 0 Å². The van der Waals surface area contributed by atoms with E-state index in [0.29, 0.717) is 31.0 Å². The van der Waals surface area contributed by atoms with E-state index in [1.54, 1.807) is 31.4 Å². The maximum Gasteiger partial charge on any atom is 0.220 e. The standard InChI is InChI=1S/C19H22ClNO3/c1-14-13-15(3-9-18(14)23-2)4-10-19(22)21-11-12-24-17-7-5-16(20)6-8-17/h3,5-9,13H,4,10-12H2,1-2H3,(H,21,22). The zero-order chi connectivity index (χ0) is 17.4. The molecule has 1 amide bonds. The van der Waals surface area contributed by atoms with Crippen molar-refractivity contribution >= 4 is 17.5 Å². The Hall–Kier alpha value is -2.20. The number of hydrogen-bond acceptors (Lipinski definition) is 3. The monoisotopic (exact) mass is 347 g/mol. The summed E-state index contributed by atoms with van der Waals surface area (Å²) in [7, 11) is 1.65. The first kappa shape index (κ1) is 18.1. The largest absolute Gasteiger partial charge is 0.496 e. The molecule has 0 aliphatic carbocycles. The zero-order valence-corrected chi connectivity index (χ0v) is 14.7. The number of hydrogen-bond donors (Lipinski definition) is 1. The molecule has 2 rings (SSSR count). The Morgan fingerprint density at radius 3 is 2.58 bits per heavy atom. The van der Waals surface area contributed by atoms with E-state index < -0.39 is 0 Å². The van der Waals surface area contributed by atoms with Gasteiger partial charge in [0.25, 0.3) is 0 Å². The van der Waals surface area contributed by atoms with Gasteiger partial charge in [-0.1, -0.05) is 23.7 Å². The van der Waals surface area contributed by atoms with Gasteiger partial charge in [-0.05, 0) is 54.8 Å². The Bertz CT molecular complexity index is 671. The van der Waals surface area contributed by atoms with Crippen LogP contribution < -0.4 is 14.8 Å². The summed E-state index contributed by atoms with van der Waals surface area (Å²) < 4.78 is 10.8. The summed E-state index contributed by atoms with van der Waals surface area (Å²) >= 11 is 5.81. The molecular formula is C19H22ClNO3. The van der Waals surface area contributed by atoms with Crippen molar-refractivity contribution in [1.82, 2.24) is 5.32 Å². The average Bonchev–Trinajstić information content (AvgIpc) is 2.58. The highest BCUT2D eigenvalue weighted by Crippen LogP contribution is 2.19. The number of carbonyl (C=O) groups excluding carboxylic acids is 1. The maximum atomic E-state index is 11.9. The third-order valence-corrected chi connectivity index (χ3v) is 3.86. The topological polar surface area (TPSA) is 47.6 Å². The fourth-order valence-corrected chi connectivity index (χ4v) is 2.46. The van der Waals surface area contributed by atoms with E-state index in [-0.39, 0.29) is 5.91 Å². The summed E-state index contributed by atoms with van der Waals surface area (Å²) in [5.41, 5.74) is 2.20. The number of nitrogens with one attached hydrogen (secondary N) is 1. The maximum absolute atomic E-state index is 11.9. The highest BCUT2D eigenvalue weighted by molar-refractivity contribution is 6.30. The van der Waals surface area contributed by atoms with Gasteiger partial charge in [0.1, 0.15) is 18.1 Å². The van der Waals surface area contributed by atoms with Crippen LogP contribution in [0.3, 0.4) is 0 Å². The van der Waals surface area contributed by atoms with Crippen molar-refractivity contribution in [3.05, 3.63) is 58.6 Å². The number of amides is 1. The minimum Gasteiger partial charge on any atom is -0.496 e. The van der Waals surface area contributed by atoms with Gasteiger partial charge in [0, 0.05) is 11.4 Å². The van der Waals surface area contributed by atoms with Gasteiger partial charge < -0.3 is 14.8 Å². The van der Waals surface area contributed by atoms with Gasteiger partial charge in [-0.3, -0.25) is 4.79 Å². The van der Waals surface area contributed by atoms with E-state index in [2.05, 4.69) is 11.4 Å². The van der Waals surface area contributed by atoms with Crippen molar-refractivity contribution in [2.75, 3.05) is 20.3 Å². The number of rotatable bonds is 8. The number of halogens is 1. The lowest BCUT2D eigenvalue weighted by molar-refractivity contribution is -0.121. The molecule has 4 nitrogen and oxygen atoms in total. The Morgan fingerprint density at radius 1 is 1.17 bits per heavy atom. The fraction of sp³-hybridized carbons (Fsp3) is 0.316. The number of aryl methyl sites for hydroxylation is 2. The van der Waals surface area contributed by atoms with Crippen molar-refractivity contribution in [2.45, 2.75) is 19.8 Å². The Morgan fingerprint density at radius 2 is 1.92 bits per heavy atom. The molecule has 0 saturated carbocycles. The molecule has 0 saturated heterocycles. The second-order valence-electron chi connectivity index (χ2n) is 5.46. The minimum absolute atomic E-state index is 0.0168. The number of carbonyl (C=O) groups is 1. The lowest BCUT2D eigenvalue weighted by Crippen LogP contribution is -2.28. The predicted molar refractivity (Wildman–Crippen MR) is 96.0 cm³/mol. The van der Waals surface area contributed by atoms with E-state index in [9.17, 15) is 4.79 Å². The van der Waals surface area contributed by atoms with Gasteiger partial charge in [0.05, 0.1) is 13.7 Å². The van der Waals surface area contributed by atoms with Crippen LogP contribution in [-0.4, -0.2) is 26.2 Å². The molecular weight excluding hydrogens is 326 g/mol. The van der Waals surface area contributed by atoms with Crippen molar-refractivity contribution in [3.8, 4) is 11.5 Å². The molecule has 0 heterocycles. The van der Waals surface area contributed by atoms with Gasteiger partial charge in [-0.2, -0.15) is 0 Å². The van der Waals surface area contributed by atoms with Crippen LogP contribution in [0.2, 0.25) is 5.02 Å². The second kappa shape index (κ2) is 9.18. The summed E-state index contributed by atoms with van der Waals surface area (Å²) in [4.78, 5) is 11.9. The van der Waals surface area contributed by atoms with Crippen LogP contribution in [-0.2, 0) is 11.2 Å². The van der Waals surface area contributed by atoms with Gasteiger partial charge >= 0.3 is 0 Å². The molecule has 24 heavy (non-hydrogen) atoms. The lowest BCUT2D eigenvalue weighted by Gasteiger charge is -2.09. The van der Waals surface area contributed by atoms with Gasteiger partial charge in [-0.15, -0.1) is 0 Å². The third kappa shape index (κ3) is 5.78. The molecule has 0 unspecified atom stereocenters. The summed E-state index contributed by atoms with van der Waals surface area (Å²) in [5, 5.41) is 3.53. The highest BCUT2D eigenvalue weighted by atomic mass is 35.5. The van der Waals surface area contributed by atoms with Crippen LogP contribution in [0.5, 0.6) is 11.5 Å². The van der Waals surface area contributed by atoms with E-state index in [1.807, 2.05) is 19.1 Å². The first-order valence-electron chi connectivity index (χ1n) is 7.87. The molecule has 2 aromatic rings. The first-order valence-corrected chi connectivity index (χ1v) is 8.25. The zero-order valence-electron chi connectivity index (χ0n) is 14.0. The van der Waals surface area contributed by atoms with Crippen molar-refractivity contribution in [2.24, 2.45) is 0 Å². The predicted octanol–water partition coefficient (Wildman–Crippen LogP) is 3.78. The van der Waals surface area contributed by atoms with Gasteiger partial charge in [0.2, 0.25) is 5.91 Å². The van der Waals surface area contributed by atoms with E-state index in [0.717, 1.165) is 22.6 Å². The molecule has 0 radical (unpaired) electrons. The molecule has 5 heteroatoms. The number of benzene rings is 2. The molecule has 0 aromatic heterocycles. The summed E-state index contributed by atoms with van der Waals surface area (Å²) in [6, 6.07) is 13.1. The van der Waals surface area contributed by atoms with Crippen LogP contribution in [0.15, 0.2) is 42.5 Å². The number of methoxy groups -OCH3 is 1. The SMILES string of the molecule is COc1ccc(CCC(=O)NCCOc2ccc(Cl)cc2)cc1C.